The largest absolute Gasteiger partial charge is 0.396 e. The van der Waals surface area contributed by atoms with Gasteiger partial charge in [0.1, 0.15) is 24.4 Å². The fourth-order valence-electron chi connectivity index (χ4n) is 3.65. The second-order valence-corrected chi connectivity index (χ2v) is 7.18. The van der Waals surface area contributed by atoms with Crippen LogP contribution < -0.4 is 0 Å². The standard InChI is InChI=1S/C16H30O9/c17-6-9-1-2-16(8-19,11(20)5-9)3-4-24-15-14(23)13(22)12(21)10(7-18)25-15/h9-15,17-23H,1-8H2/t9-,10+,11-,12+,13-,14+,15+,16+/m0/s1. The second-order valence-electron chi connectivity index (χ2n) is 7.18. The summed E-state index contributed by atoms with van der Waals surface area (Å²) in [7, 11) is 0. The predicted molar refractivity (Wildman–Crippen MR) is 84.3 cm³/mol. The van der Waals surface area contributed by atoms with E-state index >= 15 is 0 Å². The highest BCUT2D eigenvalue weighted by atomic mass is 16.7. The highest BCUT2D eigenvalue weighted by Crippen LogP contribution is 2.41. The molecular weight excluding hydrogens is 336 g/mol. The van der Waals surface area contributed by atoms with E-state index in [0.29, 0.717) is 25.7 Å². The van der Waals surface area contributed by atoms with Crippen molar-refractivity contribution in [3.8, 4) is 0 Å². The summed E-state index contributed by atoms with van der Waals surface area (Å²) in [5, 5.41) is 67.9. The monoisotopic (exact) mass is 366 g/mol. The molecule has 0 aromatic rings. The lowest BCUT2D eigenvalue weighted by Gasteiger charge is -2.44. The lowest BCUT2D eigenvalue weighted by molar-refractivity contribution is -0.302. The molecule has 2 rings (SSSR count). The molecule has 0 aromatic heterocycles. The van der Waals surface area contributed by atoms with E-state index in [1.807, 2.05) is 0 Å². The van der Waals surface area contributed by atoms with Gasteiger partial charge in [-0.15, -0.1) is 0 Å². The van der Waals surface area contributed by atoms with Gasteiger partial charge >= 0.3 is 0 Å². The molecular formula is C16H30O9. The Morgan fingerprint density at radius 1 is 0.960 bits per heavy atom. The van der Waals surface area contributed by atoms with Crippen molar-refractivity contribution in [1.82, 2.24) is 0 Å². The summed E-state index contributed by atoms with van der Waals surface area (Å²) in [6.07, 6.45) is -5.54. The molecule has 1 saturated heterocycles. The van der Waals surface area contributed by atoms with Crippen molar-refractivity contribution in [3.05, 3.63) is 0 Å². The van der Waals surface area contributed by atoms with Gasteiger partial charge < -0.3 is 45.2 Å². The Labute approximate surface area is 146 Å². The third kappa shape index (κ3) is 4.49. The van der Waals surface area contributed by atoms with Crippen LogP contribution in [0.15, 0.2) is 0 Å². The normalized spacial score (nSPS) is 45.5. The highest BCUT2D eigenvalue weighted by molar-refractivity contribution is 4.93. The molecule has 1 aliphatic carbocycles. The zero-order chi connectivity index (χ0) is 18.6. The Morgan fingerprint density at radius 2 is 1.68 bits per heavy atom. The first kappa shape index (κ1) is 20.9. The van der Waals surface area contributed by atoms with Crippen LogP contribution in [0.5, 0.6) is 0 Å². The van der Waals surface area contributed by atoms with E-state index in [2.05, 4.69) is 0 Å². The molecule has 0 bridgehead atoms. The van der Waals surface area contributed by atoms with Gasteiger partial charge in [-0.1, -0.05) is 0 Å². The third-order valence-corrected chi connectivity index (χ3v) is 5.62. The van der Waals surface area contributed by atoms with Crippen LogP contribution in [0.2, 0.25) is 0 Å². The molecule has 0 unspecified atom stereocenters. The zero-order valence-corrected chi connectivity index (χ0v) is 14.1. The van der Waals surface area contributed by atoms with E-state index in [-0.39, 0.29) is 25.7 Å². The summed E-state index contributed by atoms with van der Waals surface area (Å²) in [5.74, 6) is 0.0149. The van der Waals surface area contributed by atoms with Gasteiger partial charge in [0, 0.05) is 12.0 Å². The molecule has 148 valence electrons. The molecule has 1 aliphatic heterocycles. The number of ether oxygens (including phenoxy) is 2. The van der Waals surface area contributed by atoms with Crippen molar-refractivity contribution in [2.75, 3.05) is 26.4 Å². The molecule has 9 heteroatoms. The number of aliphatic hydroxyl groups excluding tert-OH is 7. The molecule has 0 spiro atoms. The maximum atomic E-state index is 10.4. The first-order valence-corrected chi connectivity index (χ1v) is 8.70. The maximum Gasteiger partial charge on any atom is 0.186 e. The predicted octanol–water partition coefficient (Wildman–Crippen LogP) is -2.67. The number of hydrogen-bond acceptors (Lipinski definition) is 9. The van der Waals surface area contributed by atoms with Gasteiger partial charge in [0.05, 0.1) is 25.9 Å². The topological polar surface area (TPSA) is 160 Å². The van der Waals surface area contributed by atoms with E-state index in [1.54, 1.807) is 0 Å². The quantitative estimate of drug-likeness (QED) is 0.255. The second kappa shape index (κ2) is 9.03. The van der Waals surface area contributed by atoms with Crippen LogP contribution >= 0.6 is 0 Å². The van der Waals surface area contributed by atoms with E-state index in [0.717, 1.165) is 0 Å². The number of hydrogen-bond donors (Lipinski definition) is 7. The molecule has 1 saturated carbocycles. The summed E-state index contributed by atoms with van der Waals surface area (Å²) in [6.45, 7) is -0.721. The molecule has 0 radical (unpaired) electrons. The van der Waals surface area contributed by atoms with Crippen molar-refractivity contribution >= 4 is 0 Å². The van der Waals surface area contributed by atoms with Crippen LogP contribution in [0.25, 0.3) is 0 Å². The highest BCUT2D eigenvalue weighted by Gasteiger charge is 2.45. The lowest BCUT2D eigenvalue weighted by Crippen LogP contribution is -2.59. The molecule has 9 nitrogen and oxygen atoms in total. The lowest BCUT2D eigenvalue weighted by atomic mass is 9.67. The number of rotatable bonds is 7. The summed E-state index contributed by atoms with van der Waals surface area (Å²) >= 11 is 0. The van der Waals surface area contributed by atoms with Crippen LogP contribution in [0.4, 0.5) is 0 Å². The first-order valence-electron chi connectivity index (χ1n) is 8.70. The fraction of sp³-hybridized carbons (Fsp3) is 1.00. The van der Waals surface area contributed by atoms with Gasteiger partial charge in [-0.25, -0.2) is 0 Å². The van der Waals surface area contributed by atoms with Crippen molar-refractivity contribution in [3.63, 3.8) is 0 Å². The van der Waals surface area contributed by atoms with Crippen LogP contribution in [-0.2, 0) is 9.47 Å². The fourth-order valence-corrected chi connectivity index (χ4v) is 3.65. The minimum absolute atomic E-state index is 0.0000614. The van der Waals surface area contributed by atoms with E-state index in [4.69, 9.17) is 14.6 Å². The van der Waals surface area contributed by atoms with Crippen molar-refractivity contribution in [2.45, 2.75) is 62.5 Å². The van der Waals surface area contributed by atoms with Crippen molar-refractivity contribution in [2.24, 2.45) is 11.3 Å². The Bertz CT molecular complexity index is 407. The summed E-state index contributed by atoms with van der Waals surface area (Å²) in [4.78, 5) is 0. The molecule has 2 fully saturated rings. The SMILES string of the molecule is OC[C@H]1CC[C@](CO)(CCO[C@@H]2O[C@H](CO)[C@@H](O)[C@H](O)[C@H]2O)[C@@H](O)C1. The Balaban J connectivity index is 1.90. The Hall–Kier alpha value is -0.360. The van der Waals surface area contributed by atoms with E-state index in [1.165, 1.54) is 0 Å². The van der Waals surface area contributed by atoms with Gasteiger partial charge in [-0.3, -0.25) is 0 Å². The van der Waals surface area contributed by atoms with Crippen LogP contribution in [0, 0.1) is 11.3 Å². The van der Waals surface area contributed by atoms with E-state index < -0.39 is 48.8 Å². The van der Waals surface area contributed by atoms with Crippen molar-refractivity contribution < 1.29 is 45.2 Å². The zero-order valence-electron chi connectivity index (χ0n) is 14.1. The average Bonchev–Trinajstić information content (AvgIpc) is 2.63. The minimum atomic E-state index is -1.51. The summed E-state index contributed by atoms with van der Waals surface area (Å²) in [6, 6.07) is 0. The van der Waals surface area contributed by atoms with Crippen LogP contribution in [-0.4, -0.2) is 99.0 Å². The Kier molecular flexibility index (Phi) is 7.56. The Morgan fingerprint density at radius 3 is 2.24 bits per heavy atom. The number of aliphatic hydroxyl groups is 7. The molecule has 1 heterocycles. The van der Waals surface area contributed by atoms with Gasteiger partial charge in [-0.2, -0.15) is 0 Å². The van der Waals surface area contributed by atoms with Gasteiger partial charge in [-0.05, 0) is 31.6 Å². The molecule has 25 heavy (non-hydrogen) atoms. The molecule has 2 aliphatic rings. The van der Waals surface area contributed by atoms with Gasteiger partial charge in [0.2, 0.25) is 0 Å². The average molecular weight is 366 g/mol. The van der Waals surface area contributed by atoms with Crippen LogP contribution in [0.1, 0.15) is 25.7 Å². The molecule has 7 N–H and O–H groups in total. The van der Waals surface area contributed by atoms with E-state index in [9.17, 15) is 30.6 Å². The smallest absolute Gasteiger partial charge is 0.186 e. The minimum Gasteiger partial charge on any atom is -0.396 e. The maximum absolute atomic E-state index is 10.4. The third-order valence-electron chi connectivity index (χ3n) is 5.62. The molecule has 8 atom stereocenters. The summed E-state index contributed by atoms with van der Waals surface area (Å²) in [5.41, 5.74) is -0.750. The first-order chi connectivity index (χ1) is 11.9. The summed E-state index contributed by atoms with van der Waals surface area (Å²) < 4.78 is 10.7. The van der Waals surface area contributed by atoms with Gasteiger partial charge in [0.15, 0.2) is 6.29 Å². The van der Waals surface area contributed by atoms with Crippen molar-refractivity contribution in [1.29, 1.82) is 0 Å². The van der Waals surface area contributed by atoms with Crippen LogP contribution in [0.3, 0.4) is 0 Å². The van der Waals surface area contributed by atoms with Gasteiger partial charge in [0.25, 0.3) is 0 Å². The molecule has 0 aromatic carbocycles. The molecule has 0 amide bonds.